The predicted octanol–water partition coefficient (Wildman–Crippen LogP) is 1.10. The molecule has 2 atom stereocenters. The molecule has 1 saturated heterocycles. The van der Waals surface area contributed by atoms with Gasteiger partial charge in [-0.1, -0.05) is 0 Å². The van der Waals surface area contributed by atoms with Crippen LogP contribution in [0.1, 0.15) is 27.7 Å². The van der Waals surface area contributed by atoms with Crippen LogP contribution in [0.25, 0.3) is 0 Å². The van der Waals surface area contributed by atoms with Crippen LogP contribution in [-0.4, -0.2) is 53.0 Å². The number of aliphatic carboxylic acids is 1. The summed E-state index contributed by atoms with van der Waals surface area (Å²) in [7, 11) is 0. The maximum atomic E-state index is 11.8. The Morgan fingerprint density at radius 1 is 1.41 bits per heavy atom. The van der Waals surface area contributed by atoms with E-state index in [-0.39, 0.29) is 19.2 Å². The Morgan fingerprint density at radius 3 is 2.47 bits per heavy atom. The molecular weight excluding hydrogens is 226 g/mol. The summed E-state index contributed by atoms with van der Waals surface area (Å²) in [4.78, 5) is 24.1. The second-order valence-electron chi connectivity index (χ2n) is 5.14. The van der Waals surface area contributed by atoms with Crippen LogP contribution in [0.4, 0.5) is 4.79 Å². The molecule has 0 aliphatic carbocycles. The first-order valence-electron chi connectivity index (χ1n) is 5.55. The third-order valence-corrected chi connectivity index (χ3v) is 2.34. The Kier molecular flexibility index (Phi) is 3.98. The quantitative estimate of drug-likeness (QED) is 0.748. The van der Waals surface area contributed by atoms with Crippen LogP contribution in [0.15, 0.2) is 0 Å². The van der Waals surface area contributed by atoms with Gasteiger partial charge in [-0.3, -0.25) is 4.90 Å². The molecule has 6 nitrogen and oxygen atoms in total. The summed E-state index contributed by atoms with van der Waals surface area (Å²) in [6, 6.07) is -0.180. The Balaban J connectivity index is 2.67. The van der Waals surface area contributed by atoms with Crippen LogP contribution in [0, 0.1) is 0 Å². The van der Waals surface area contributed by atoms with E-state index in [4.69, 9.17) is 14.6 Å². The second kappa shape index (κ2) is 4.91. The van der Waals surface area contributed by atoms with Crippen LogP contribution < -0.4 is 0 Å². The van der Waals surface area contributed by atoms with E-state index in [2.05, 4.69) is 0 Å². The summed E-state index contributed by atoms with van der Waals surface area (Å²) in [5, 5.41) is 8.85. The number of hydrogen-bond donors (Lipinski definition) is 1. The van der Waals surface area contributed by atoms with E-state index < -0.39 is 23.8 Å². The van der Waals surface area contributed by atoms with Crippen molar-refractivity contribution in [1.29, 1.82) is 0 Å². The average Bonchev–Trinajstić information content (AvgIpc) is 2.14. The lowest BCUT2D eigenvalue weighted by Crippen LogP contribution is -2.54. The monoisotopic (exact) mass is 245 g/mol. The molecule has 1 aliphatic rings. The van der Waals surface area contributed by atoms with Crippen molar-refractivity contribution in [3.05, 3.63) is 0 Å². The maximum Gasteiger partial charge on any atom is 0.410 e. The molecule has 0 aromatic rings. The van der Waals surface area contributed by atoms with Crippen molar-refractivity contribution >= 4 is 12.1 Å². The van der Waals surface area contributed by atoms with Crippen molar-refractivity contribution in [1.82, 2.24) is 4.90 Å². The highest BCUT2D eigenvalue weighted by molar-refractivity contribution is 5.75. The molecule has 1 amide bonds. The van der Waals surface area contributed by atoms with Gasteiger partial charge in [-0.25, -0.2) is 9.59 Å². The average molecular weight is 245 g/mol. The van der Waals surface area contributed by atoms with Gasteiger partial charge < -0.3 is 14.6 Å². The number of carboxylic acids is 1. The number of hydrogen-bond acceptors (Lipinski definition) is 4. The summed E-state index contributed by atoms with van der Waals surface area (Å²) in [6.07, 6.45) is -1.47. The minimum Gasteiger partial charge on any atom is -0.479 e. The normalized spacial score (nSPS) is 25.5. The molecule has 1 rings (SSSR count). The molecule has 98 valence electrons. The number of morpholine rings is 1. The lowest BCUT2D eigenvalue weighted by Gasteiger charge is -2.37. The van der Waals surface area contributed by atoms with Gasteiger partial charge in [-0.2, -0.15) is 0 Å². The fraction of sp³-hybridized carbons (Fsp3) is 0.818. The van der Waals surface area contributed by atoms with Gasteiger partial charge in [0.2, 0.25) is 0 Å². The minimum absolute atomic E-state index is 0.0193. The van der Waals surface area contributed by atoms with Crippen molar-refractivity contribution in [2.45, 2.75) is 45.4 Å². The summed E-state index contributed by atoms with van der Waals surface area (Å²) in [6.45, 7) is 7.32. The first kappa shape index (κ1) is 13.8. The lowest BCUT2D eigenvalue weighted by molar-refractivity contribution is -0.158. The molecule has 0 saturated carbocycles. The molecule has 1 aliphatic heterocycles. The number of carbonyl (C=O) groups is 2. The van der Waals surface area contributed by atoms with Gasteiger partial charge in [0, 0.05) is 0 Å². The third-order valence-electron chi connectivity index (χ3n) is 2.34. The Morgan fingerprint density at radius 2 is 2.00 bits per heavy atom. The van der Waals surface area contributed by atoms with E-state index in [1.54, 1.807) is 27.7 Å². The molecule has 0 aromatic heterocycles. The molecular formula is C11H19NO5. The van der Waals surface area contributed by atoms with Crippen molar-refractivity contribution in [3.8, 4) is 0 Å². The first-order chi connectivity index (χ1) is 7.70. The van der Waals surface area contributed by atoms with E-state index in [0.717, 1.165) is 0 Å². The van der Waals surface area contributed by atoms with Gasteiger partial charge in [0.15, 0.2) is 6.10 Å². The number of carbonyl (C=O) groups excluding carboxylic acids is 1. The van der Waals surface area contributed by atoms with Crippen LogP contribution in [0.5, 0.6) is 0 Å². The van der Waals surface area contributed by atoms with E-state index in [9.17, 15) is 9.59 Å². The summed E-state index contributed by atoms with van der Waals surface area (Å²) in [5.74, 6) is -1.06. The largest absolute Gasteiger partial charge is 0.479 e. The van der Waals surface area contributed by atoms with E-state index in [0.29, 0.717) is 0 Å². The standard InChI is InChI=1S/C11H19NO5/c1-7-6-16-8(9(13)14)5-12(7)10(15)17-11(2,3)4/h7-8H,5-6H2,1-4H3,(H,13,14)/t7-,8?/m0/s1. The predicted molar refractivity (Wildman–Crippen MR) is 59.8 cm³/mol. The van der Waals surface area contributed by atoms with Crippen molar-refractivity contribution in [3.63, 3.8) is 0 Å². The zero-order valence-corrected chi connectivity index (χ0v) is 10.6. The van der Waals surface area contributed by atoms with E-state index >= 15 is 0 Å². The summed E-state index contributed by atoms with van der Waals surface area (Å²) >= 11 is 0. The number of nitrogens with zero attached hydrogens (tertiary/aromatic N) is 1. The molecule has 1 unspecified atom stereocenters. The smallest absolute Gasteiger partial charge is 0.410 e. The Hall–Kier alpha value is -1.30. The summed E-state index contributed by atoms with van der Waals surface area (Å²) in [5.41, 5.74) is -0.589. The van der Waals surface area contributed by atoms with Gasteiger partial charge in [0.25, 0.3) is 0 Å². The molecule has 1 heterocycles. The van der Waals surface area contributed by atoms with Crippen molar-refractivity contribution in [2.75, 3.05) is 13.2 Å². The van der Waals surface area contributed by atoms with Crippen molar-refractivity contribution in [2.24, 2.45) is 0 Å². The van der Waals surface area contributed by atoms with Gasteiger partial charge in [0.1, 0.15) is 5.60 Å². The molecule has 1 N–H and O–H groups in total. The van der Waals surface area contributed by atoms with Crippen LogP contribution in [-0.2, 0) is 14.3 Å². The van der Waals surface area contributed by atoms with Crippen LogP contribution in [0.2, 0.25) is 0 Å². The highest BCUT2D eigenvalue weighted by atomic mass is 16.6. The fourth-order valence-corrected chi connectivity index (χ4v) is 1.48. The minimum atomic E-state index is -1.06. The van der Waals surface area contributed by atoms with Gasteiger partial charge in [-0.15, -0.1) is 0 Å². The van der Waals surface area contributed by atoms with E-state index in [1.807, 2.05) is 0 Å². The molecule has 17 heavy (non-hydrogen) atoms. The Labute approximate surface area is 100 Å². The number of ether oxygens (including phenoxy) is 2. The first-order valence-corrected chi connectivity index (χ1v) is 5.55. The van der Waals surface area contributed by atoms with E-state index in [1.165, 1.54) is 4.90 Å². The lowest BCUT2D eigenvalue weighted by atomic mass is 10.2. The molecule has 0 spiro atoms. The molecule has 0 bridgehead atoms. The maximum absolute atomic E-state index is 11.8. The highest BCUT2D eigenvalue weighted by Crippen LogP contribution is 2.16. The number of amides is 1. The highest BCUT2D eigenvalue weighted by Gasteiger charge is 2.35. The van der Waals surface area contributed by atoms with Crippen LogP contribution in [0.3, 0.4) is 0 Å². The third kappa shape index (κ3) is 3.89. The van der Waals surface area contributed by atoms with Gasteiger partial charge in [0.05, 0.1) is 19.2 Å². The zero-order chi connectivity index (χ0) is 13.2. The summed E-state index contributed by atoms with van der Waals surface area (Å²) < 4.78 is 10.3. The number of carboxylic acid groups (broad SMARTS) is 1. The zero-order valence-electron chi connectivity index (χ0n) is 10.6. The number of rotatable bonds is 1. The fourth-order valence-electron chi connectivity index (χ4n) is 1.48. The van der Waals surface area contributed by atoms with Gasteiger partial charge >= 0.3 is 12.1 Å². The van der Waals surface area contributed by atoms with Gasteiger partial charge in [-0.05, 0) is 27.7 Å². The van der Waals surface area contributed by atoms with Crippen molar-refractivity contribution < 1.29 is 24.2 Å². The second-order valence-corrected chi connectivity index (χ2v) is 5.14. The molecule has 6 heteroatoms. The SMILES string of the molecule is C[C@H]1COC(C(=O)O)CN1C(=O)OC(C)(C)C. The van der Waals surface area contributed by atoms with Crippen LogP contribution >= 0.6 is 0 Å². The Bertz CT molecular complexity index is 309. The topological polar surface area (TPSA) is 76.1 Å². The molecule has 0 aromatic carbocycles. The molecule has 0 radical (unpaired) electrons. The molecule has 1 fully saturated rings.